The fourth-order valence-electron chi connectivity index (χ4n) is 1.75. The summed E-state index contributed by atoms with van der Waals surface area (Å²) >= 11 is 0. The van der Waals surface area contributed by atoms with E-state index in [1.807, 2.05) is 0 Å². The summed E-state index contributed by atoms with van der Waals surface area (Å²) in [7, 11) is 0. The summed E-state index contributed by atoms with van der Waals surface area (Å²) in [4.78, 5) is 11.7. The monoisotopic (exact) mass is 234 g/mol. The Bertz CT molecular complexity index is 237. The molecule has 96 valence electrons. The Balaban J connectivity index is 5.03. The quantitative estimate of drug-likeness (QED) is 0.484. The Morgan fingerprint density at radius 2 is 1.25 bits per heavy atom. The zero-order valence-electron chi connectivity index (χ0n) is 10.7. The fourth-order valence-corrected chi connectivity index (χ4v) is 1.75. The summed E-state index contributed by atoms with van der Waals surface area (Å²) in [5.41, 5.74) is -2.89. The van der Waals surface area contributed by atoms with E-state index >= 15 is 0 Å². The van der Waals surface area contributed by atoms with Gasteiger partial charge >= 0.3 is 5.97 Å². The summed E-state index contributed by atoms with van der Waals surface area (Å²) in [5.74, 6) is -3.62. The smallest absolute Gasteiger partial charge is 0.317 e. The van der Waals surface area contributed by atoms with Gasteiger partial charge in [0.25, 0.3) is 0 Å². The number of aliphatic hydroxyl groups is 3. The van der Waals surface area contributed by atoms with Crippen LogP contribution in [0.15, 0.2) is 0 Å². The number of carbonyl (C=O) groups excluding carboxylic acids is 1. The summed E-state index contributed by atoms with van der Waals surface area (Å²) in [6.07, 6.45) is 0. The van der Waals surface area contributed by atoms with Crippen LogP contribution in [0.25, 0.3) is 0 Å². The lowest BCUT2D eigenvalue weighted by Crippen LogP contribution is -2.52. The molecule has 0 spiro atoms. The number of hydrogen-bond donors (Lipinski definition) is 3. The van der Waals surface area contributed by atoms with Crippen LogP contribution in [-0.4, -0.2) is 38.3 Å². The molecule has 0 unspecified atom stereocenters. The van der Waals surface area contributed by atoms with Crippen LogP contribution in [0.1, 0.15) is 41.5 Å². The molecule has 0 saturated carbocycles. The van der Waals surface area contributed by atoms with E-state index in [9.17, 15) is 20.1 Å². The van der Waals surface area contributed by atoms with E-state index in [0.717, 1.165) is 0 Å². The first kappa shape index (κ1) is 15.3. The molecular formula is C11H22O5. The minimum absolute atomic E-state index is 0.840. The number of esters is 1. The van der Waals surface area contributed by atoms with E-state index in [2.05, 4.69) is 0 Å². The number of carbonyl (C=O) groups is 1. The third-order valence-electron chi connectivity index (χ3n) is 2.00. The van der Waals surface area contributed by atoms with Crippen LogP contribution >= 0.6 is 0 Å². The largest absolute Gasteiger partial charge is 0.434 e. The molecule has 0 aliphatic heterocycles. The molecule has 0 fully saturated rings. The average molecular weight is 234 g/mol. The van der Waals surface area contributed by atoms with Crippen molar-refractivity contribution in [1.82, 2.24) is 0 Å². The molecule has 0 aromatic carbocycles. The highest BCUT2D eigenvalue weighted by Gasteiger charge is 2.46. The van der Waals surface area contributed by atoms with Crippen LogP contribution in [0.3, 0.4) is 0 Å². The van der Waals surface area contributed by atoms with Crippen molar-refractivity contribution in [3.8, 4) is 0 Å². The van der Waals surface area contributed by atoms with Crippen molar-refractivity contribution in [3.05, 3.63) is 0 Å². The van der Waals surface area contributed by atoms with Gasteiger partial charge in [-0.15, -0.1) is 0 Å². The Labute approximate surface area is 96.0 Å². The highest BCUT2D eigenvalue weighted by atomic mass is 16.7. The van der Waals surface area contributed by atoms with Crippen LogP contribution in [0.4, 0.5) is 0 Å². The van der Waals surface area contributed by atoms with E-state index in [1.54, 1.807) is 0 Å². The predicted molar refractivity (Wildman–Crippen MR) is 58.5 cm³/mol. The molecule has 16 heavy (non-hydrogen) atoms. The van der Waals surface area contributed by atoms with Crippen molar-refractivity contribution < 1.29 is 24.9 Å². The van der Waals surface area contributed by atoms with Crippen molar-refractivity contribution >= 4 is 5.97 Å². The lowest BCUT2D eigenvalue weighted by atomic mass is 9.79. The summed E-state index contributed by atoms with van der Waals surface area (Å²) in [5, 5.41) is 29.0. The van der Waals surface area contributed by atoms with E-state index in [1.165, 1.54) is 41.5 Å². The van der Waals surface area contributed by atoms with Gasteiger partial charge in [-0.1, -0.05) is 0 Å². The van der Waals surface area contributed by atoms with Crippen molar-refractivity contribution in [2.45, 2.75) is 58.5 Å². The molecule has 0 saturated heterocycles. The van der Waals surface area contributed by atoms with Gasteiger partial charge in [0.2, 0.25) is 5.79 Å². The minimum atomic E-state index is -1.63. The Kier molecular flexibility index (Phi) is 4.14. The second-order valence-corrected chi connectivity index (χ2v) is 5.61. The summed E-state index contributed by atoms with van der Waals surface area (Å²) in [6.45, 7) is 8.22. The molecule has 0 bridgehead atoms. The predicted octanol–water partition coefficient (Wildman–Crippen LogP) is 0.416. The fraction of sp³-hybridized carbons (Fsp3) is 0.909. The molecule has 0 aliphatic rings. The molecule has 0 atom stereocenters. The topological polar surface area (TPSA) is 87.0 Å². The Morgan fingerprint density at radius 3 is 1.44 bits per heavy atom. The summed E-state index contributed by atoms with van der Waals surface area (Å²) < 4.78 is 4.75. The molecule has 0 radical (unpaired) electrons. The number of rotatable bonds is 4. The minimum Gasteiger partial charge on any atom is -0.434 e. The van der Waals surface area contributed by atoms with Crippen molar-refractivity contribution in [2.24, 2.45) is 5.92 Å². The third-order valence-corrected chi connectivity index (χ3v) is 2.00. The van der Waals surface area contributed by atoms with E-state index in [0.29, 0.717) is 0 Å². The molecule has 5 nitrogen and oxygen atoms in total. The molecule has 3 N–H and O–H groups in total. The zero-order valence-corrected chi connectivity index (χ0v) is 10.7. The standard InChI is InChI=1S/C11H22O5/c1-9(2,13)7(10(3,4)14)8(12)16-11(5,6)15/h7,13-15H,1-6H3. The van der Waals surface area contributed by atoms with E-state index < -0.39 is 28.9 Å². The van der Waals surface area contributed by atoms with Crippen molar-refractivity contribution in [2.75, 3.05) is 0 Å². The van der Waals surface area contributed by atoms with Gasteiger partial charge in [0, 0.05) is 13.8 Å². The van der Waals surface area contributed by atoms with Crippen LogP contribution < -0.4 is 0 Å². The molecule has 0 aromatic rings. The number of hydrogen-bond acceptors (Lipinski definition) is 5. The van der Waals surface area contributed by atoms with Gasteiger partial charge in [-0.05, 0) is 27.7 Å². The maximum absolute atomic E-state index is 11.7. The molecule has 0 rings (SSSR count). The van der Waals surface area contributed by atoms with Gasteiger partial charge in [-0.25, -0.2) is 0 Å². The first-order valence-corrected chi connectivity index (χ1v) is 5.15. The second kappa shape index (κ2) is 4.31. The van der Waals surface area contributed by atoms with Crippen molar-refractivity contribution in [1.29, 1.82) is 0 Å². The SMILES string of the molecule is CC(C)(O)OC(=O)C(C(C)(C)O)C(C)(C)O. The number of ether oxygens (including phenoxy) is 1. The highest BCUT2D eigenvalue weighted by molar-refractivity contribution is 5.75. The first-order chi connectivity index (χ1) is 6.75. The van der Waals surface area contributed by atoms with Gasteiger partial charge in [0.05, 0.1) is 11.2 Å². The van der Waals surface area contributed by atoms with Gasteiger partial charge in [-0.3, -0.25) is 4.79 Å². The van der Waals surface area contributed by atoms with Gasteiger partial charge < -0.3 is 20.1 Å². The van der Waals surface area contributed by atoms with Crippen molar-refractivity contribution in [3.63, 3.8) is 0 Å². The van der Waals surface area contributed by atoms with E-state index in [4.69, 9.17) is 4.74 Å². The molecular weight excluding hydrogens is 212 g/mol. The Hall–Kier alpha value is -0.650. The lowest BCUT2D eigenvalue weighted by molar-refractivity contribution is -0.215. The highest BCUT2D eigenvalue weighted by Crippen LogP contribution is 2.30. The van der Waals surface area contributed by atoms with Crippen LogP contribution in [0.2, 0.25) is 0 Å². The molecule has 0 amide bonds. The maximum atomic E-state index is 11.7. The second-order valence-electron chi connectivity index (χ2n) is 5.61. The average Bonchev–Trinajstić information content (AvgIpc) is 1.70. The normalized spacial score (nSPS) is 14.1. The third kappa shape index (κ3) is 4.92. The zero-order chi connectivity index (χ0) is 13.4. The molecule has 0 aliphatic carbocycles. The lowest BCUT2D eigenvalue weighted by Gasteiger charge is -2.37. The van der Waals surface area contributed by atoms with Gasteiger partial charge in [0.15, 0.2) is 0 Å². The molecule has 0 aromatic heterocycles. The maximum Gasteiger partial charge on any atom is 0.317 e. The molecule has 0 heterocycles. The molecule has 5 heteroatoms. The summed E-state index contributed by atoms with van der Waals surface area (Å²) in [6, 6.07) is 0. The van der Waals surface area contributed by atoms with Gasteiger partial charge in [-0.2, -0.15) is 0 Å². The first-order valence-electron chi connectivity index (χ1n) is 5.15. The van der Waals surface area contributed by atoms with E-state index in [-0.39, 0.29) is 0 Å². The van der Waals surface area contributed by atoms with Crippen LogP contribution in [0, 0.1) is 5.92 Å². The van der Waals surface area contributed by atoms with Crippen LogP contribution in [0.5, 0.6) is 0 Å². The van der Waals surface area contributed by atoms with Crippen LogP contribution in [-0.2, 0) is 9.53 Å². The Morgan fingerprint density at radius 1 is 0.938 bits per heavy atom. The van der Waals surface area contributed by atoms with Gasteiger partial charge in [0.1, 0.15) is 5.92 Å².